The van der Waals surface area contributed by atoms with E-state index in [2.05, 4.69) is 20.7 Å². The molecule has 2 aliphatic rings. The Morgan fingerprint density at radius 2 is 1.97 bits per heavy atom. The van der Waals surface area contributed by atoms with E-state index in [-0.39, 0.29) is 18.9 Å². The fourth-order valence-corrected chi connectivity index (χ4v) is 3.46. The maximum atomic E-state index is 12.5. The molecule has 0 aliphatic carbocycles. The van der Waals surface area contributed by atoms with E-state index < -0.39 is 24.3 Å². The van der Waals surface area contributed by atoms with Crippen LogP contribution in [0.3, 0.4) is 0 Å². The standard InChI is InChI=1S/C19H29N5O5/c1-12-18(13(2)29-22-12)21-19(27)20-15-5-4-14(28-16(15)11-25)10-17(26)24-8-6-23(3)7-9-24/h4-5,14-16,25H,6-11H2,1-3H3,(H2,20,21,27)/t14-,15-,16-/m0/s1. The molecule has 1 aromatic rings. The Hall–Kier alpha value is -2.43. The fourth-order valence-electron chi connectivity index (χ4n) is 3.46. The third-order valence-corrected chi connectivity index (χ3v) is 5.26. The van der Waals surface area contributed by atoms with Gasteiger partial charge in [-0.25, -0.2) is 4.79 Å². The van der Waals surface area contributed by atoms with Crippen LogP contribution in [0.4, 0.5) is 10.5 Å². The number of carbonyl (C=O) groups is 2. The number of aliphatic hydroxyl groups is 1. The molecule has 3 rings (SSSR count). The summed E-state index contributed by atoms with van der Waals surface area (Å²) >= 11 is 0. The Morgan fingerprint density at radius 3 is 2.59 bits per heavy atom. The molecule has 0 spiro atoms. The predicted molar refractivity (Wildman–Crippen MR) is 106 cm³/mol. The number of amides is 3. The average molecular weight is 407 g/mol. The van der Waals surface area contributed by atoms with Crippen LogP contribution in [0.1, 0.15) is 17.9 Å². The topological polar surface area (TPSA) is 120 Å². The number of aryl methyl sites for hydroxylation is 2. The third kappa shape index (κ3) is 5.34. The van der Waals surface area contributed by atoms with Crippen molar-refractivity contribution in [1.82, 2.24) is 20.3 Å². The molecule has 160 valence electrons. The number of ether oxygens (including phenoxy) is 1. The van der Waals surface area contributed by atoms with Gasteiger partial charge in [-0.1, -0.05) is 17.3 Å². The normalized spacial score (nSPS) is 25.1. The number of hydrogen-bond donors (Lipinski definition) is 3. The zero-order valence-electron chi connectivity index (χ0n) is 17.1. The van der Waals surface area contributed by atoms with Gasteiger partial charge in [0.25, 0.3) is 0 Å². The molecule has 1 fully saturated rings. The van der Waals surface area contributed by atoms with Crippen LogP contribution in [0.15, 0.2) is 16.7 Å². The fraction of sp³-hybridized carbons (Fsp3) is 0.632. The first-order valence-corrected chi connectivity index (χ1v) is 9.78. The highest BCUT2D eigenvalue weighted by Gasteiger charge is 2.30. The molecule has 3 amide bonds. The lowest BCUT2D eigenvalue weighted by Crippen LogP contribution is -2.51. The maximum Gasteiger partial charge on any atom is 0.319 e. The van der Waals surface area contributed by atoms with Crippen LogP contribution in [-0.2, 0) is 9.53 Å². The zero-order valence-corrected chi connectivity index (χ0v) is 17.1. The molecule has 0 aromatic carbocycles. The number of carbonyl (C=O) groups excluding carboxylic acids is 2. The largest absolute Gasteiger partial charge is 0.394 e. The third-order valence-electron chi connectivity index (χ3n) is 5.26. The highest BCUT2D eigenvalue weighted by atomic mass is 16.5. The molecule has 29 heavy (non-hydrogen) atoms. The van der Waals surface area contributed by atoms with Gasteiger partial charge in [-0.05, 0) is 20.9 Å². The summed E-state index contributed by atoms with van der Waals surface area (Å²) in [5.41, 5.74) is 1.09. The number of hydrogen-bond acceptors (Lipinski definition) is 7. The SMILES string of the molecule is Cc1noc(C)c1NC(=O)N[C@H]1C=C[C@@H](CC(=O)N2CCN(C)CC2)O[C@H]1CO. The van der Waals surface area contributed by atoms with Gasteiger partial charge in [0.1, 0.15) is 17.5 Å². The minimum Gasteiger partial charge on any atom is -0.394 e. The Labute approximate surface area is 169 Å². The quantitative estimate of drug-likeness (QED) is 0.599. The van der Waals surface area contributed by atoms with Gasteiger partial charge in [0.05, 0.1) is 25.2 Å². The number of aromatic nitrogens is 1. The van der Waals surface area contributed by atoms with Gasteiger partial charge in [-0.2, -0.15) is 0 Å². The van der Waals surface area contributed by atoms with Crippen molar-refractivity contribution in [2.75, 3.05) is 45.2 Å². The summed E-state index contributed by atoms with van der Waals surface area (Å²) in [5, 5.41) is 18.9. The molecule has 2 aliphatic heterocycles. The molecule has 1 aromatic heterocycles. The van der Waals surface area contributed by atoms with Crippen LogP contribution in [-0.4, -0.2) is 90.1 Å². The van der Waals surface area contributed by atoms with Gasteiger partial charge in [0.15, 0.2) is 5.76 Å². The summed E-state index contributed by atoms with van der Waals surface area (Å²) in [7, 11) is 2.04. The van der Waals surface area contributed by atoms with Crippen molar-refractivity contribution in [3.63, 3.8) is 0 Å². The molecule has 0 radical (unpaired) electrons. The second-order valence-corrected chi connectivity index (χ2v) is 7.49. The van der Waals surface area contributed by atoms with Gasteiger partial charge >= 0.3 is 6.03 Å². The van der Waals surface area contributed by atoms with Crippen LogP contribution >= 0.6 is 0 Å². The second kappa shape index (κ2) is 9.38. The lowest BCUT2D eigenvalue weighted by atomic mass is 10.0. The maximum absolute atomic E-state index is 12.5. The van der Waals surface area contributed by atoms with Crippen LogP contribution in [0.5, 0.6) is 0 Å². The van der Waals surface area contributed by atoms with Crippen LogP contribution < -0.4 is 10.6 Å². The van der Waals surface area contributed by atoms with Crippen LogP contribution in [0.25, 0.3) is 0 Å². The monoisotopic (exact) mass is 407 g/mol. The summed E-state index contributed by atoms with van der Waals surface area (Å²) in [4.78, 5) is 28.8. The van der Waals surface area contributed by atoms with E-state index >= 15 is 0 Å². The number of aliphatic hydroxyl groups excluding tert-OH is 1. The molecular weight excluding hydrogens is 378 g/mol. The molecule has 10 nitrogen and oxygen atoms in total. The Kier molecular flexibility index (Phi) is 6.88. The van der Waals surface area contributed by atoms with E-state index in [4.69, 9.17) is 9.26 Å². The number of nitrogens with one attached hydrogen (secondary N) is 2. The number of urea groups is 1. The number of nitrogens with zero attached hydrogens (tertiary/aromatic N) is 3. The average Bonchev–Trinajstić information content (AvgIpc) is 3.01. The van der Waals surface area contributed by atoms with Crippen molar-refractivity contribution in [3.05, 3.63) is 23.6 Å². The lowest BCUT2D eigenvalue weighted by Gasteiger charge is -2.35. The van der Waals surface area contributed by atoms with E-state index in [1.54, 1.807) is 26.0 Å². The van der Waals surface area contributed by atoms with Gasteiger partial charge < -0.3 is 34.8 Å². The first kappa shape index (κ1) is 21.3. The van der Waals surface area contributed by atoms with Crippen molar-refractivity contribution >= 4 is 17.6 Å². The van der Waals surface area contributed by atoms with Crippen LogP contribution in [0, 0.1) is 13.8 Å². The molecule has 3 atom stereocenters. The summed E-state index contributed by atoms with van der Waals surface area (Å²) in [6.07, 6.45) is 2.68. The Morgan fingerprint density at radius 1 is 1.24 bits per heavy atom. The summed E-state index contributed by atoms with van der Waals surface area (Å²) in [6, 6.07) is -0.974. The van der Waals surface area contributed by atoms with Crippen molar-refractivity contribution in [1.29, 1.82) is 0 Å². The smallest absolute Gasteiger partial charge is 0.319 e. The van der Waals surface area contributed by atoms with E-state index in [0.717, 1.165) is 13.1 Å². The minimum atomic E-state index is -0.638. The van der Waals surface area contributed by atoms with Gasteiger partial charge in [0.2, 0.25) is 5.91 Å². The van der Waals surface area contributed by atoms with Crippen molar-refractivity contribution < 1.29 is 24.0 Å². The van der Waals surface area contributed by atoms with E-state index in [1.165, 1.54) is 0 Å². The van der Waals surface area contributed by atoms with Crippen molar-refractivity contribution in [2.24, 2.45) is 0 Å². The molecule has 3 N–H and O–H groups in total. The molecule has 0 saturated carbocycles. The lowest BCUT2D eigenvalue weighted by molar-refractivity contribution is -0.137. The molecule has 1 saturated heterocycles. The highest BCUT2D eigenvalue weighted by Crippen LogP contribution is 2.20. The molecular formula is C19H29N5O5. The summed E-state index contributed by atoms with van der Waals surface area (Å²) < 4.78 is 10.9. The van der Waals surface area contributed by atoms with Crippen molar-refractivity contribution in [3.8, 4) is 0 Å². The van der Waals surface area contributed by atoms with E-state index in [0.29, 0.717) is 30.2 Å². The number of rotatable bonds is 5. The first-order chi connectivity index (χ1) is 13.9. The molecule has 0 bridgehead atoms. The number of anilines is 1. The number of piperazine rings is 1. The Balaban J connectivity index is 1.54. The summed E-state index contributed by atoms with van der Waals surface area (Å²) in [6.45, 7) is 6.30. The molecule has 10 heteroatoms. The molecule has 3 heterocycles. The van der Waals surface area contributed by atoms with Gasteiger partial charge in [0, 0.05) is 26.2 Å². The summed E-state index contributed by atoms with van der Waals surface area (Å²) in [5.74, 6) is 0.543. The first-order valence-electron chi connectivity index (χ1n) is 9.78. The van der Waals surface area contributed by atoms with E-state index in [1.807, 2.05) is 11.9 Å². The minimum absolute atomic E-state index is 0.0343. The van der Waals surface area contributed by atoms with Crippen molar-refractivity contribution in [2.45, 2.75) is 38.5 Å². The van der Waals surface area contributed by atoms with Gasteiger partial charge in [-0.15, -0.1) is 0 Å². The zero-order chi connectivity index (χ0) is 21.0. The highest BCUT2D eigenvalue weighted by molar-refractivity contribution is 5.90. The number of likely N-dealkylation sites (N-methyl/N-ethyl adjacent to an activating group) is 1. The van der Waals surface area contributed by atoms with Crippen LogP contribution in [0.2, 0.25) is 0 Å². The Bertz CT molecular complexity index is 737. The molecule has 0 unspecified atom stereocenters. The predicted octanol–water partition coefficient (Wildman–Crippen LogP) is 0.262. The second-order valence-electron chi connectivity index (χ2n) is 7.49. The van der Waals surface area contributed by atoms with Gasteiger partial charge in [-0.3, -0.25) is 4.79 Å². The van der Waals surface area contributed by atoms with E-state index in [9.17, 15) is 14.7 Å².